The van der Waals surface area contributed by atoms with E-state index in [1.807, 2.05) is 101 Å². The van der Waals surface area contributed by atoms with Gasteiger partial charge in [-0.05, 0) is 35.4 Å². The van der Waals surface area contributed by atoms with Crippen LogP contribution >= 0.6 is 0 Å². The molecule has 2 N–H and O–H groups in total. The fourth-order valence-electron chi connectivity index (χ4n) is 3.32. The predicted molar refractivity (Wildman–Crippen MR) is 144 cm³/mol. The van der Waals surface area contributed by atoms with Crippen molar-refractivity contribution in [2.75, 3.05) is 48.8 Å². The van der Waals surface area contributed by atoms with Gasteiger partial charge >= 0.3 is 0 Å². The zero-order valence-electron chi connectivity index (χ0n) is 19.8. The first kappa shape index (κ1) is 22.7. The molecule has 0 spiro atoms. The average Bonchev–Trinajstić information content (AvgIpc) is 2.85. The first-order valence-electron chi connectivity index (χ1n) is 10.9. The van der Waals surface area contributed by atoms with E-state index < -0.39 is 0 Å². The van der Waals surface area contributed by atoms with Crippen molar-refractivity contribution in [1.82, 2.24) is 10.2 Å². The summed E-state index contributed by atoms with van der Waals surface area (Å²) in [5.41, 5.74) is 10.3. The van der Waals surface area contributed by atoms with Gasteiger partial charge in [0, 0.05) is 50.3 Å². The molecule has 0 unspecified atom stereocenters. The molecule has 3 aromatic carbocycles. The Hall–Kier alpha value is -4.46. The standard InChI is InChI=1S/C26H28N8/c1-33(2)21-13-9-19(10-14-21)17-27-29-25-23-7-5-6-8-24(23)26(32-31-25)30-28-18-20-11-15-22(16-12-20)34(3)4/h5-18H,1-4H3,(H,29,31)(H,30,32)/b27-17+,28-18+. The summed E-state index contributed by atoms with van der Waals surface area (Å²) in [6.07, 6.45) is 3.52. The SMILES string of the molecule is CN(C)c1ccc(/C=N/Nc2nnc(N/N=C/c3ccc(N(C)C)cc3)c3ccccc23)cc1. The fraction of sp³-hybridized carbons (Fsp3) is 0.154. The lowest BCUT2D eigenvalue weighted by Gasteiger charge is -2.11. The highest BCUT2D eigenvalue weighted by Gasteiger charge is 2.08. The lowest BCUT2D eigenvalue weighted by Crippen LogP contribution is -2.08. The van der Waals surface area contributed by atoms with Crippen LogP contribution in [0.15, 0.2) is 83.0 Å². The van der Waals surface area contributed by atoms with Crippen molar-refractivity contribution in [2.45, 2.75) is 0 Å². The van der Waals surface area contributed by atoms with Gasteiger partial charge in [-0.25, -0.2) is 0 Å². The Morgan fingerprint density at radius 2 is 0.971 bits per heavy atom. The quantitative estimate of drug-likeness (QED) is 0.299. The highest BCUT2D eigenvalue weighted by Crippen LogP contribution is 2.26. The molecule has 0 atom stereocenters. The Kier molecular flexibility index (Phi) is 6.98. The summed E-state index contributed by atoms with van der Waals surface area (Å²) >= 11 is 0. The number of rotatable bonds is 8. The third-order valence-corrected chi connectivity index (χ3v) is 5.27. The van der Waals surface area contributed by atoms with Crippen LogP contribution in [0.3, 0.4) is 0 Å². The Morgan fingerprint density at radius 3 is 1.32 bits per heavy atom. The van der Waals surface area contributed by atoms with Crippen LogP contribution < -0.4 is 20.7 Å². The topological polar surface area (TPSA) is 81.0 Å². The van der Waals surface area contributed by atoms with Crippen molar-refractivity contribution in [3.63, 3.8) is 0 Å². The van der Waals surface area contributed by atoms with Gasteiger partial charge in [-0.1, -0.05) is 48.5 Å². The second-order valence-electron chi connectivity index (χ2n) is 8.15. The van der Waals surface area contributed by atoms with Crippen molar-refractivity contribution in [2.24, 2.45) is 10.2 Å². The van der Waals surface area contributed by atoms with E-state index in [1.165, 1.54) is 0 Å². The molecule has 1 aromatic heterocycles. The third-order valence-electron chi connectivity index (χ3n) is 5.27. The number of hydrogen-bond donors (Lipinski definition) is 2. The predicted octanol–water partition coefficient (Wildman–Crippen LogP) is 4.65. The monoisotopic (exact) mass is 452 g/mol. The van der Waals surface area contributed by atoms with Gasteiger partial charge in [0.1, 0.15) is 0 Å². The van der Waals surface area contributed by atoms with Gasteiger partial charge in [0.25, 0.3) is 0 Å². The van der Waals surface area contributed by atoms with Crippen LogP contribution in [0.2, 0.25) is 0 Å². The normalized spacial score (nSPS) is 11.3. The van der Waals surface area contributed by atoms with E-state index in [0.29, 0.717) is 11.6 Å². The lowest BCUT2D eigenvalue weighted by atomic mass is 10.2. The fourth-order valence-corrected chi connectivity index (χ4v) is 3.32. The molecule has 0 amide bonds. The largest absolute Gasteiger partial charge is 0.378 e. The molecule has 8 heteroatoms. The minimum atomic E-state index is 0.575. The Balaban J connectivity index is 1.47. The second kappa shape index (κ2) is 10.4. The van der Waals surface area contributed by atoms with Crippen LogP contribution in [0.5, 0.6) is 0 Å². The molecule has 0 fully saturated rings. The van der Waals surface area contributed by atoms with Gasteiger partial charge in [-0.2, -0.15) is 10.2 Å². The van der Waals surface area contributed by atoms with E-state index in [9.17, 15) is 0 Å². The molecular weight excluding hydrogens is 424 g/mol. The molecule has 0 aliphatic carbocycles. The molecule has 0 aliphatic rings. The maximum absolute atomic E-state index is 4.34. The molecule has 172 valence electrons. The summed E-state index contributed by atoms with van der Waals surface area (Å²) in [5.74, 6) is 1.15. The molecule has 1 heterocycles. The first-order valence-corrected chi connectivity index (χ1v) is 10.9. The summed E-state index contributed by atoms with van der Waals surface area (Å²) in [7, 11) is 8.06. The second-order valence-corrected chi connectivity index (χ2v) is 8.15. The van der Waals surface area contributed by atoms with Crippen LogP contribution in [0.25, 0.3) is 10.8 Å². The number of benzene rings is 3. The number of aromatic nitrogens is 2. The molecule has 0 saturated heterocycles. The molecular formula is C26H28N8. The molecule has 0 aliphatic heterocycles. The van der Waals surface area contributed by atoms with E-state index in [1.54, 1.807) is 12.4 Å². The van der Waals surface area contributed by atoms with Crippen molar-refractivity contribution >= 4 is 46.2 Å². The molecule has 8 nitrogen and oxygen atoms in total. The van der Waals surface area contributed by atoms with Gasteiger partial charge in [0.2, 0.25) is 0 Å². The van der Waals surface area contributed by atoms with E-state index in [4.69, 9.17) is 0 Å². The molecule has 4 aromatic rings. The Bertz CT molecular complexity index is 1190. The third kappa shape index (κ3) is 5.47. The van der Waals surface area contributed by atoms with E-state index in [0.717, 1.165) is 33.3 Å². The number of fused-ring (bicyclic) bond motifs is 1. The summed E-state index contributed by atoms with van der Waals surface area (Å²) < 4.78 is 0. The van der Waals surface area contributed by atoms with Crippen LogP contribution in [0, 0.1) is 0 Å². The van der Waals surface area contributed by atoms with Crippen LogP contribution in [0.1, 0.15) is 11.1 Å². The first-order chi connectivity index (χ1) is 16.5. The zero-order valence-corrected chi connectivity index (χ0v) is 19.8. The highest BCUT2D eigenvalue weighted by atomic mass is 15.4. The molecule has 4 rings (SSSR count). The minimum Gasteiger partial charge on any atom is -0.378 e. The van der Waals surface area contributed by atoms with Gasteiger partial charge in [0.15, 0.2) is 11.6 Å². The van der Waals surface area contributed by atoms with Crippen molar-refractivity contribution in [3.8, 4) is 0 Å². The number of hydrogen-bond acceptors (Lipinski definition) is 8. The van der Waals surface area contributed by atoms with E-state index >= 15 is 0 Å². The lowest BCUT2D eigenvalue weighted by molar-refractivity contribution is 1.03. The van der Waals surface area contributed by atoms with E-state index in [-0.39, 0.29) is 0 Å². The van der Waals surface area contributed by atoms with Gasteiger partial charge in [-0.3, -0.25) is 10.9 Å². The maximum Gasteiger partial charge on any atom is 0.176 e. The van der Waals surface area contributed by atoms with Crippen molar-refractivity contribution in [3.05, 3.63) is 83.9 Å². The summed E-state index contributed by atoms with van der Waals surface area (Å²) in [4.78, 5) is 4.11. The zero-order chi connectivity index (χ0) is 23.9. The summed E-state index contributed by atoms with van der Waals surface area (Å²) in [6.45, 7) is 0. The van der Waals surface area contributed by atoms with Crippen LogP contribution in [-0.2, 0) is 0 Å². The maximum atomic E-state index is 4.34. The van der Waals surface area contributed by atoms with Crippen LogP contribution in [-0.4, -0.2) is 50.8 Å². The van der Waals surface area contributed by atoms with Crippen molar-refractivity contribution < 1.29 is 0 Å². The van der Waals surface area contributed by atoms with Crippen LogP contribution in [0.4, 0.5) is 23.0 Å². The Labute approximate surface area is 199 Å². The highest BCUT2D eigenvalue weighted by molar-refractivity contribution is 5.98. The smallest absolute Gasteiger partial charge is 0.176 e. The summed E-state index contributed by atoms with van der Waals surface area (Å²) in [5, 5.41) is 19.1. The minimum absolute atomic E-state index is 0.575. The number of anilines is 4. The Morgan fingerprint density at radius 1 is 0.588 bits per heavy atom. The average molecular weight is 453 g/mol. The van der Waals surface area contributed by atoms with Gasteiger partial charge < -0.3 is 9.80 Å². The molecule has 0 bridgehead atoms. The molecule has 34 heavy (non-hydrogen) atoms. The summed E-state index contributed by atoms with van der Waals surface area (Å²) in [6, 6.07) is 24.1. The van der Waals surface area contributed by atoms with E-state index in [2.05, 4.69) is 41.1 Å². The van der Waals surface area contributed by atoms with Gasteiger partial charge in [-0.15, -0.1) is 10.2 Å². The number of nitrogens with zero attached hydrogens (tertiary/aromatic N) is 6. The number of hydrazone groups is 2. The van der Waals surface area contributed by atoms with Gasteiger partial charge in [0.05, 0.1) is 12.4 Å². The molecule has 0 saturated carbocycles. The molecule has 0 radical (unpaired) electrons. The number of nitrogens with one attached hydrogen (secondary N) is 2. The van der Waals surface area contributed by atoms with Crippen molar-refractivity contribution in [1.29, 1.82) is 0 Å².